The Labute approximate surface area is 168 Å². The zero-order chi connectivity index (χ0) is 19.1. The fourth-order valence-electron chi connectivity index (χ4n) is 2.92. The van der Waals surface area contributed by atoms with E-state index in [9.17, 15) is 4.79 Å². The standard InChI is InChI=1S/C19H24N4O2S2/c1-3-23(15-7-5-4-6-8-15)17(24)13-26-19-22-21-18(27-19)20-14-9-11-16(25-2)12-10-14/h7,9-12H,3-6,8,13H2,1-2H3,(H,20,21). The first-order chi connectivity index (χ1) is 13.2. The zero-order valence-electron chi connectivity index (χ0n) is 15.6. The summed E-state index contributed by atoms with van der Waals surface area (Å²) < 4.78 is 5.94. The summed E-state index contributed by atoms with van der Waals surface area (Å²) in [5.41, 5.74) is 2.09. The SMILES string of the molecule is CCN(C(=O)CSc1nnc(Nc2ccc(OC)cc2)s1)C1=CCCCC1. The monoisotopic (exact) mass is 404 g/mol. The van der Waals surface area contributed by atoms with Crippen LogP contribution in [0.3, 0.4) is 0 Å². The lowest BCUT2D eigenvalue weighted by molar-refractivity contribution is -0.126. The van der Waals surface area contributed by atoms with Crippen LogP contribution in [0.1, 0.15) is 32.6 Å². The smallest absolute Gasteiger partial charge is 0.237 e. The second-order valence-electron chi connectivity index (χ2n) is 6.09. The number of carbonyl (C=O) groups is 1. The third-order valence-corrected chi connectivity index (χ3v) is 6.25. The van der Waals surface area contributed by atoms with E-state index in [0.717, 1.165) is 28.6 Å². The van der Waals surface area contributed by atoms with Crippen molar-refractivity contribution in [3.05, 3.63) is 36.0 Å². The van der Waals surface area contributed by atoms with E-state index in [1.54, 1.807) is 7.11 Å². The van der Waals surface area contributed by atoms with Crippen LogP contribution >= 0.6 is 23.1 Å². The van der Waals surface area contributed by atoms with Crippen LogP contribution in [0.2, 0.25) is 0 Å². The quantitative estimate of drug-likeness (QED) is 0.644. The first-order valence-electron chi connectivity index (χ1n) is 9.06. The molecule has 0 bridgehead atoms. The lowest BCUT2D eigenvalue weighted by Gasteiger charge is -2.26. The number of hydrogen-bond acceptors (Lipinski definition) is 7. The molecule has 0 atom stereocenters. The predicted octanol–water partition coefficient (Wildman–Crippen LogP) is 4.69. The van der Waals surface area contributed by atoms with Crippen molar-refractivity contribution >= 4 is 39.8 Å². The van der Waals surface area contributed by atoms with E-state index in [4.69, 9.17) is 4.74 Å². The average molecular weight is 405 g/mol. The fourth-order valence-corrected chi connectivity index (χ4v) is 4.57. The summed E-state index contributed by atoms with van der Waals surface area (Å²) in [6, 6.07) is 7.62. The molecule has 0 spiro atoms. The number of thioether (sulfide) groups is 1. The van der Waals surface area contributed by atoms with Crippen molar-refractivity contribution in [2.75, 3.05) is 24.7 Å². The van der Waals surface area contributed by atoms with Gasteiger partial charge in [0.25, 0.3) is 0 Å². The minimum atomic E-state index is 0.135. The molecule has 6 nitrogen and oxygen atoms in total. The normalized spacial score (nSPS) is 13.8. The second-order valence-corrected chi connectivity index (χ2v) is 8.29. The molecule has 0 fully saturated rings. The number of aromatic nitrogens is 2. The molecule has 3 rings (SSSR count). The molecule has 1 aliphatic rings. The predicted molar refractivity (Wildman–Crippen MR) is 111 cm³/mol. The molecular formula is C19H24N4O2S2. The van der Waals surface area contributed by atoms with Crippen molar-refractivity contribution in [3.8, 4) is 5.75 Å². The average Bonchev–Trinajstić information content (AvgIpc) is 3.16. The van der Waals surface area contributed by atoms with Gasteiger partial charge in [-0.1, -0.05) is 29.2 Å². The number of benzene rings is 1. The van der Waals surface area contributed by atoms with Gasteiger partial charge in [0.05, 0.1) is 12.9 Å². The molecule has 144 valence electrons. The van der Waals surface area contributed by atoms with E-state index in [-0.39, 0.29) is 5.91 Å². The molecular weight excluding hydrogens is 380 g/mol. The largest absolute Gasteiger partial charge is 0.497 e. The lowest BCUT2D eigenvalue weighted by Crippen LogP contribution is -2.32. The van der Waals surface area contributed by atoms with Gasteiger partial charge in [0, 0.05) is 17.9 Å². The summed E-state index contributed by atoms with van der Waals surface area (Å²) in [6.45, 7) is 2.74. The summed E-state index contributed by atoms with van der Waals surface area (Å²) in [7, 11) is 1.64. The maximum atomic E-state index is 12.6. The Kier molecular flexibility index (Phi) is 7.11. The molecule has 0 saturated heterocycles. The Morgan fingerprint density at radius 3 is 2.78 bits per heavy atom. The van der Waals surface area contributed by atoms with Crippen LogP contribution in [0.5, 0.6) is 5.75 Å². The zero-order valence-corrected chi connectivity index (χ0v) is 17.2. The number of nitrogens with one attached hydrogen (secondary N) is 1. The molecule has 1 N–H and O–H groups in total. The van der Waals surface area contributed by atoms with E-state index in [2.05, 4.69) is 21.6 Å². The Bertz CT molecular complexity index is 789. The Balaban J connectivity index is 1.53. The number of allylic oxidation sites excluding steroid dienone is 2. The van der Waals surface area contributed by atoms with Crippen molar-refractivity contribution in [1.29, 1.82) is 0 Å². The van der Waals surface area contributed by atoms with Crippen LogP contribution < -0.4 is 10.1 Å². The lowest BCUT2D eigenvalue weighted by atomic mass is 10.0. The summed E-state index contributed by atoms with van der Waals surface area (Å²) in [5, 5.41) is 12.3. The van der Waals surface area contributed by atoms with Gasteiger partial charge >= 0.3 is 0 Å². The van der Waals surface area contributed by atoms with Crippen LogP contribution in [-0.2, 0) is 4.79 Å². The summed E-state index contributed by atoms with van der Waals surface area (Å²) >= 11 is 2.89. The van der Waals surface area contributed by atoms with Gasteiger partial charge < -0.3 is 15.0 Å². The van der Waals surface area contributed by atoms with Crippen LogP contribution in [0.25, 0.3) is 0 Å². The van der Waals surface area contributed by atoms with E-state index >= 15 is 0 Å². The summed E-state index contributed by atoms with van der Waals surface area (Å²) in [5.74, 6) is 1.32. The molecule has 0 radical (unpaired) electrons. The van der Waals surface area contributed by atoms with E-state index < -0.39 is 0 Å². The summed E-state index contributed by atoms with van der Waals surface area (Å²) in [6.07, 6.45) is 6.66. The van der Waals surface area contributed by atoms with Gasteiger partial charge in [-0.15, -0.1) is 10.2 Å². The van der Waals surface area contributed by atoms with Gasteiger partial charge in [-0.25, -0.2) is 0 Å². The maximum Gasteiger partial charge on any atom is 0.237 e. The van der Waals surface area contributed by atoms with Gasteiger partial charge in [-0.2, -0.15) is 0 Å². The number of ether oxygens (including phenoxy) is 1. The minimum Gasteiger partial charge on any atom is -0.497 e. The first-order valence-corrected chi connectivity index (χ1v) is 10.9. The molecule has 8 heteroatoms. The van der Waals surface area contributed by atoms with Crippen LogP contribution in [0, 0.1) is 0 Å². The van der Waals surface area contributed by atoms with Crippen molar-refractivity contribution in [2.45, 2.75) is 36.9 Å². The van der Waals surface area contributed by atoms with Gasteiger partial charge in [-0.3, -0.25) is 4.79 Å². The third-order valence-electron chi connectivity index (χ3n) is 4.30. The number of methoxy groups -OCH3 is 1. The van der Waals surface area contributed by atoms with Crippen molar-refractivity contribution < 1.29 is 9.53 Å². The highest BCUT2D eigenvalue weighted by Gasteiger charge is 2.18. The number of anilines is 2. The number of carbonyl (C=O) groups excluding carboxylic acids is 1. The minimum absolute atomic E-state index is 0.135. The number of rotatable bonds is 8. The molecule has 1 aliphatic carbocycles. The molecule has 27 heavy (non-hydrogen) atoms. The highest BCUT2D eigenvalue weighted by atomic mass is 32.2. The first kappa shape index (κ1) is 19.7. The molecule has 1 heterocycles. The van der Waals surface area contributed by atoms with Crippen LogP contribution in [0.4, 0.5) is 10.8 Å². The third kappa shape index (κ3) is 5.46. The van der Waals surface area contributed by atoms with Crippen LogP contribution in [-0.4, -0.2) is 40.4 Å². The van der Waals surface area contributed by atoms with Crippen molar-refractivity contribution in [2.24, 2.45) is 0 Å². The molecule has 1 amide bonds. The number of amides is 1. The highest BCUT2D eigenvalue weighted by molar-refractivity contribution is 8.01. The molecule has 0 saturated carbocycles. The van der Waals surface area contributed by atoms with Gasteiger partial charge in [-0.05, 0) is 56.9 Å². The molecule has 0 unspecified atom stereocenters. The molecule has 1 aromatic heterocycles. The van der Waals surface area contributed by atoms with Gasteiger partial charge in [0.1, 0.15) is 5.75 Å². The summed E-state index contributed by atoms with van der Waals surface area (Å²) in [4.78, 5) is 14.5. The van der Waals surface area contributed by atoms with E-state index in [1.807, 2.05) is 36.1 Å². The van der Waals surface area contributed by atoms with Gasteiger partial charge in [0.2, 0.25) is 11.0 Å². The Morgan fingerprint density at radius 2 is 2.11 bits per heavy atom. The number of nitrogens with zero attached hydrogens (tertiary/aromatic N) is 3. The van der Waals surface area contributed by atoms with E-state index in [0.29, 0.717) is 17.4 Å². The van der Waals surface area contributed by atoms with Gasteiger partial charge in [0.15, 0.2) is 4.34 Å². The van der Waals surface area contributed by atoms with Crippen molar-refractivity contribution in [1.82, 2.24) is 15.1 Å². The van der Waals surface area contributed by atoms with E-state index in [1.165, 1.54) is 41.6 Å². The Hall–Kier alpha value is -2.06. The van der Waals surface area contributed by atoms with Crippen molar-refractivity contribution in [3.63, 3.8) is 0 Å². The molecule has 0 aliphatic heterocycles. The highest BCUT2D eigenvalue weighted by Crippen LogP contribution is 2.29. The Morgan fingerprint density at radius 1 is 1.30 bits per heavy atom. The maximum absolute atomic E-state index is 12.6. The van der Waals surface area contributed by atoms with Crippen LogP contribution in [0.15, 0.2) is 40.4 Å². The topological polar surface area (TPSA) is 67.4 Å². The molecule has 1 aromatic carbocycles. The second kappa shape index (κ2) is 9.75. The number of hydrogen-bond donors (Lipinski definition) is 1. The fraction of sp³-hybridized carbons (Fsp3) is 0.421. The molecule has 2 aromatic rings.